The van der Waals surface area contributed by atoms with Gasteiger partial charge in [-0.2, -0.15) is 0 Å². The fourth-order valence-electron chi connectivity index (χ4n) is 2.63. The van der Waals surface area contributed by atoms with Gasteiger partial charge in [0.05, 0.1) is 34.1 Å². The first kappa shape index (κ1) is 14.1. The van der Waals surface area contributed by atoms with E-state index in [4.69, 9.17) is 27.9 Å². The van der Waals surface area contributed by atoms with Crippen LogP contribution in [0.2, 0.25) is 5.02 Å². The number of benzene rings is 1. The molecular formula is C14H15Cl2FN2O. The normalized spacial score (nSPS) is 20.7. The summed E-state index contributed by atoms with van der Waals surface area (Å²) in [6.07, 6.45) is 2.20. The third-order valence-electron chi connectivity index (χ3n) is 3.59. The number of hydrogen-bond donors (Lipinski definition) is 0. The Morgan fingerprint density at radius 2 is 2.35 bits per heavy atom. The van der Waals surface area contributed by atoms with Gasteiger partial charge in [0.15, 0.2) is 0 Å². The molecular weight excluding hydrogens is 302 g/mol. The van der Waals surface area contributed by atoms with E-state index in [9.17, 15) is 4.39 Å². The van der Waals surface area contributed by atoms with Crippen molar-refractivity contribution >= 4 is 34.2 Å². The molecule has 0 radical (unpaired) electrons. The summed E-state index contributed by atoms with van der Waals surface area (Å²) < 4.78 is 21.3. The lowest BCUT2D eigenvalue weighted by Crippen LogP contribution is -2.17. The van der Waals surface area contributed by atoms with Gasteiger partial charge in [0, 0.05) is 12.7 Å². The van der Waals surface area contributed by atoms with Gasteiger partial charge in [-0.1, -0.05) is 11.6 Å². The first-order valence-electron chi connectivity index (χ1n) is 6.67. The second kappa shape index (κ2) is 5.51. The highest BCUT2D eigenvalue weighted by atomic mass is 35.5. The minimum atomic E-state index is -0.443. The number of ether oxygens (including phenoxy) is 1. The van der Waals surface area contributed by atoms with E-state index >= 15 is 0 Å². The highest BCUT2D eigenvalue weighted by Crippen LogP contribution is 2.29. The van der Waals surface area contributed by atoms with Crippen LogP contribution in [0.15, 0.2) is 12.1 Å². The van der Waals surface area contributed by atoms with Gasteiger partial charge in [-0.05, 0) is 25.8 Å². The Morgan fingerprint density at radius 3 is 3.00 bits per heavy atom. The summed E-state index contributed by atoms with van der Waals surface area (Å²) in [5.41, 5.74) is 1.38. The molecule has 0 saturated carbocycles. The summed E-state index contributed by atoms with van der Waals surface area (Å²) in [5.74, 6) is 0.278. The number of halogens is 3. The molecule has 2 aromatic rings. The van der Waals surface area contributed by atoms with Crippen molar-refractivity contribution in [2.24, 2.45) is 0 Å². The molecule has 1 aromatic heterocycles. The summed E-state index contributed by atoms with van der Waals surface area (Å²) in [6.45, 7) is 3.28. The molecule has 1 aromatic carbocycles. The second-order valence-electron chi connectivity index (χ2n) is 5.09. The zero-order chi connectivity index (χ0) is 14.3. The first-order chi connectivity index (χ1) is 9.56. The van der Waals surface area contributed by atoms with Crippen LogP contribution in [0.4, 0.5) is 4.39 Å². The van der Waals surface area contributed by atoms with Gasteiger partial charge in [-0.15, -0.1) is 11.6 Å². The van der Waals surface area contributed by atoms with Crippen LogP contribution >= 0.6 is 23.2 Å². The molecule has 0 N–H and O–H groups in total. The van der Waals surface area contributed by atoms with E-state index in [-0.39, 0.29) is 16.5 Å². The van der Waals surface area contributed by atoms with Crippen molar-refractivity contribution in [3.63, 3.8) is 0 Å². The number of fused-ring (bicyclic) bond motifs is 1. The molecule has 3 rings (SSSR count). The van der Waals surface area contributed by atoms with Gasteiger partial charge < -0.3 is 9.30 Å². The fourth-order valence-corrected chi connectivity index (χ4v) is 2.95. The molecule has 3 nitrogen and oxygen atoms in total. The van der Waals surface area contributed by atoms with Crippen LogP contribution in [0, 0.1) is 5.82 Å². The van der Waals surface area contributed by atoms with Crippen LogP contribution in [-0.4, -0.2) is 22.3 Å². The van der Waals surface area contributed by atoms with E-state index in [1.54, 1.807) is 6.07 Å². The van der Waals surface area contributed by atoms with E-state index in [2.05, 4.69) is 4.98 Å². The molecule has 0 bridgehead atoms. The molecule has 108 valence electrons. The molecule has 1 aliphatic rings. The van der Waals surface area contributed by atoms with Gasteiger partial charge in [0.2, 0.25) is 0 Å². The van der Waals surface area contributed by atoms with Crippen LogP contribution in [0.1, 0.15) is 31.0 Å². The van der Waals surface area contributed by atoms with E-state index in [0.717, 1.165) is 25.3 Å². The average molecular weight is 317 g/mol. The molecule has 6 heteroatoms. The van der Waals surface area contributed by atoms with Gasteiger partial charge in [-0.25, -0.2) is 9.37 Å². The molecule has 1 aliphatic heterocycles. The smallest absolute Gasteiger partial charge is 0.144 e. The highest BCUT2D eigenvalue weighted by Gasteiger charge is 2.22. The zero-order valence-electron chi connectivity index (χ0n) is 11.1. The minimum absolute atomic E-state index is 0.0769. The minimum Gasteiger partial charge on any atom is -0.376 e. The van der Waals surface area contributed by atoms with Crippen LogP contribution in [0.25, 0.3) is 11.0 Å². The van der Waals surface area contributed by atoms with Crippen LogP contribution < -0.4 is 0 Å². The van der Waals surface area contributed by atoms with Gasteiger partial charge in [0.25, 0.3) is 0 Å². The third kappa shape index (κ3) is 2.52. The molecule has 0 aliphatic carbocycles. The van der Waals surface area contributed by atoms with Crippen molar-refractivity contribution in [3.05, 3.63) is 28.8 Å². The van der Waals surface area contributed by atoms with Crippen LogP contribution in [-0.2, 0) is 11.3 Å². The molecule has 2 unspecified atom stereocenters. The Bertz CT molecular complexity index is 636. The number of imidazole rings is 1. The van der Waals surface area contributed by atoms with Crippen LogP contribution in [0.5, 0.6) is 0 Å². The maximum atomic E-state index is 13.7. The standard InChI is InChI=1S/C14H15Cl2FN2O/c1-8(15)14-18-12-5-10(16)11(17)6-13(12)19(14)7-9-3-2-4-20-9/h5-6,8-9H,2-4,7H2,1H3. The highest BCUT2D eigenvalue weighted by molar-refractivity contribution is 6.31. The Balaban J connectivity index is 2.10. The Labute approximate surface area is 126 Å². The quantitative estimate of drug-likeness (QED) is 0.789. The first-order valence-corrected chi connectivity index (χ1v) is 7.48. The van der Waals surface area contributed by atoms with E-state index < -0.39 is 5.82 Å². The summed E-state index contributed by atoms with van der Waals surface area (Å²) in [6, 6.07) is 2.96. The lowest BCUT2D eigenvalue weighted by molar-refractivity contribution is 0.0972. The number of aromatic nitrogens is 2. The second-order valence-corrected chi connectivity index (χ2v) is 6.15. The summed E-state index contributed by atoms with van der Waals surface area (Å²) in [7, 11) is 0. The van der Waals surface area contributed by atoms with Crippen molar-refractivity contribution < 1.29 is 9.13 Å². The lowest BCUT2D eigenvalue weighted by atomic mass is 10.2. The predicted molar refractivity (Wildman–Crippen MR) is 77.9 cm³/mol. The largest absolute Gasteiger partial charge is 0.376 e. The Hall–Kier alpha value is -0.840. The molecule has 1 fully saturated rings. The number of nitrogens with zero attached hydrogens (tertiary/aromatic N) is 2. The number of alkyl halides is 1. The van der Waals surface area contributed by atoms with Gasteiger partial charge >= 0.3 is 0 Å². The van der Waals surface area contributed by atoms with Crippen molar-refractivity contribution in [2.75, 3.05) is 6.61 Å². The fraction of sp³-hybridized carbons (Fsp3) is 0.500. The molecule has 2 heterocycles. The van der Waals surface area contributed by atoms with Crippen LogP contribution in [0.3, 0.4) is 0 Å². The molecule has 1 saturated heterocycles. The van der Waals surface area contributed by atoms with Crippen molar-refractivity contribution in [1.29, 1.82) is 0 Å². The van der Waals surface area contributed by atoms with Crippen molar-refractivity contribution in [3.8, 4) is 0 Å². The van der Waals surface area contributed by atoms with E-state index in [1.165, 1.54) is 6.07 Å². The molecule has 2 atom stereocenters. The zero-order valence-corrected chi connectivity index (χ0v) is 12.6. The van der Waals surface area contributed by atoms with Crippen molar-refractivity contribution in [2.45, 2.75) is 37.8 Å². The van der Waals surface area contributed by atoms with E-state index in [1.807, 2.05) is 11.5 Å². The maximum Gasteiger partial charge on any atom is 0.144 e. The summed E-state index contributed by atoms with van der Waals surface area (Å²) in [4.78, 5) is 4.48. The number of hydrogen-bond acceptors (Lipinski definition) is 2. The average Bonchev–Trinajstić information content (AvgIpc) is 3.00. The molecule has 0 spiro atoms. The van der Waals surface area contributed by atoms with E-state index in [0.29, 0.717) is 17.6 Å². The Morgan fingerprint density at radius 1 is 1.55 bits per heavy atom. The monoisotopic (exact) mass is 316 g/mol. The summed E-state index contributed by atoms with van der Waals surface area (Å²) >= 11 is 12.0. The van der Waals surface area contributed by atoms with Gasteiger partial charge in [0.1, 0.15) is 11.6 Å². The Kier molecular flexibility index (Phi) is 3.89. The topological polar surface area (TPSA) is 27.1 Å². The maximum absolute atomic E-state index is 13.7. The van der Waals surface area contributed by atoms with Crippen molar-refractivity contribution in [1.82, 2.24) is 9.55 Å². The molecule has 0 amide bonds. The summed E-state index contributed by atoms with van der Waals surface area (Å²) in [5, 5.41) is -0.182. The van der Waals surface area contributed by atoms with Gasteiger partial charge in [-0.3, -0.25) is 0 Å². The SMILES string of the molecule is CC(Cl)c1nc2cc(Cl)c(F)cc2n1CC1CCCO1. The number of rotatable bonds is 3. The molecule has 20 heavy (non-hydrogen) atoms. The predicted octanol–water partition coefficient (Wildman–Crippen LogP) is 4.31. The third-order valence-corrected chi connectivity index (χ3v) is 4.07. The lowest BCUT2D eigenvalue weighted by Gasteiger charge is -2.15.